The number of hydrogen-bond acceptors (Lipinski definition) is 3. The lowest BCUT2D eigenvalue weighted by Gasteiger charge is -1.85. The van der Waals surface area contributed by atoms with Gasteiger partial charge in [0, 0.05) is 0 Å². The fourth-order valence-corrected chi connectivity index (χ4v) is 0.774. The van der Waals surface area contributed by atoms with Gasteiger partial charge in [-0.05, 0) is 6.42 Å². The van der Waals surface area contributed by atoms with Crippen molar-refractivity contribution in [1.82, 2.24) is 0 Å². The van der Waals surface area contributed by atoms with Gasteiger partial charge in [0.1, 0.15) is 0 Å². The van der Waals surface area contributed by atoms with Crippen LogP contribution in [0, 0.1) is 0 Å². The topological polar surface area (TPSA) is 80.4 Å². The van der Waals surface area contributed by atoms with E-state index in [1.165, 1.54) is 0 Å². The highest BCUT2D eigenvalue weighted by Gasteiger charge is 1.98. The molecular weight excluding hydrogens is 174 g/mol. The van der Waals surface area contributed by atoms with E-state index in [1.54, 1.807) is 6.92 Å². The van der Waals surface area contributed by atoms with Crippen LogP contribution in [0.15, 0.2) is 0 Å². The molecule has 10 heavy (non-hydrogen) atoms. The van der Waals surface area contributed by atoms with Crippen molar-refractivity contribution >= 4 is 27.8 Å². The molecule has 0 aromatic rings. The molecule has 6 heteroatoms. The summed E-state index contributed by atoms with van der Waals surface area (Å²) in [6, 6.07) is 0. The van der Waals surface area contributed by atoms with Crippen molar-refractivity contribution in [3.05, 3.63) is 0 Å². The predicted molar refractivity (Wildman–Crippen MR) is 44.5 cm³/mol. The van der Waals surface area contributed by atoms with Gasteiger partial charge in [0.25, 0.3) is 10.1 Å². The van der Waals surface area contributed by atoms with Crippen LogP contribution in [0.5, 0.6) is 0 Å². The van der Waals surface area contributed by atoms with Gasteiger partial charge < -0.3 is 5.73 Å². The number of hydrogen-bond donors (Lipinski definition) is 2. The van der Waals surface area contributed by atoms with Gasteiger partial charge in [0.05, 0.1) is 11.2 Å². The van der Waals surface area contributed by atoms with Crippen molar-refractivity contribution in [1.29, 1.82) is 0 Å². The average molecular weight is 185 g/mol. The molecule has 0 aromatic heterocycles. The quantitative estimate of drug-likeness (QED) is 0.474. The summed E-state index contributed by atoms with van der Waals surface area (Å²) < 4.78 is 27.6. The first-order chi connectivity index (χ1) is 4.47. The molecule has 0 atom stereocenters. The minimum absolute atomic E-state index is 0.132. The van der Waals surface area contributed by atoms with E-state index in [-0.39, 0.29) is 5.75 Å². The molecule has 0 saturated heterocycles. The Hall–Kier alpha value is -0.200. The lowest BCUT2D eigenvalue weighted by molar-refractivity contribution is 0.482. The third kappa shape index (κ3) is 25.0. The first-order valence-electron chi connectivity index (χ1n) is 2.58. The van der Waals surface area contributed by atoms with E-state index in [2.05, 4.69) is 18.0 Å². The van der Waals surface area contributed by atoms with E-state index < -0.39 is 10.1 Å². The summed E-state index contributed by atoms with van der Waals surface area (Å²) in [4.78, 5) is 0. The van der Waals surface area contributed by atoms with Crippen molar-refractivity contribution < 1.29 is 13.0 Å². The molecular formula is C4H11NO3S2. The standard InChI is InChI=1S/C3H8O3S.CH3NS/c1-2-3-7(4,5)6;2-1-3/h2-3H2,1H3,(H,4,5,6);1H,(H2,2,3). The summed E-state index contributed by atoms with van der Waals surface area (Å²) in [6.45, 7) is 1.69. The van der Waals surface area contributed by atoms with E-state index in [0.717, 1.165) is 5.49 Å². The Bertz CT molecular complexity index is 163. The summed E-state index contributed by atoms with van der Waals surface area (Å²) in [5.41, 5.74) is 5.62. The largest absolute Gasteiger partial charge is 0.396 e. The van der Waals surface area contributed by atoms with Gasteiger partial charge in [-0.1, -0.05) is 19.1 Å². The SMILES string of the molecule is CCCS(=O)(=O)O.NC=S. The summed E-state index contributed by atoms with van der Waals surface area (Å²) in [6.07, 6.45) is 0.471. The Morgan fingerprint density at radius 2 is 2.00 bits per heavy atom. The molecule has 0 rings (SSSR count). The molecule has 0 saturated carbocycles. The Morgan fingerprint density at radius 3 is 2.00 bits per heavy atom. The lowest BCUT2D eigenvalue weighted by Crippen LogP contribution is -2.01. The highest BCUT2D eigenvalue weighted by molar-refractivity contribution is 7.85. The van der Waals surface area contributed by atoms with Gasteiger partial charge in [0.15, 0.2) is 0 Å². The van der Waals surface area contributed by atoms with Gasteiger partial charge >= 0.3 is 0 Å². The van der Waals surface area contributed by atoms with Gasteiger partial charge in [-0.3, -0.25) is 4.55 Å². The molecule has 0 spiro atoms. The number of thiocarbonyl (C=S) groups is 1. The molecule has 3 N–H and O–H groups in total. The second-order valence-electron chi connectivity index (χ2n) is 1.42. The summed E-state index contributed by atoms with van der Waals surface area (Å²) in [5.74, 6) is -0.132. The molecule has 0 aliphatic carbocycles. The first kappa shape index (κ1) is 12.5. The zero-order chi connectivity index (χ0) is 8.62. The van der Waals surface area contributed by atoms with E-state index in [4.69, 9.17) is 4.55 Å². The second kappa shape index (κ2) is 6.91. The smallest absolute Gasteiger partial charge is 0.264 e. The minimum Gasteiger partial charge on any atom is -0.396 e. The maximum Gasteiger partial charge on any atom is 0.264 e. The summed E-state index contributed by atoms with van der Waals surface area (Å²) in [7, 11) is -3.67. The third-order valence-corrected chi connectivity index (χ3v) is 1.39. The van der Waals surface area contributed by atoms with Crippen LogP contribution >= 0.6 is 12.2 Å². The van der Waals surface area contributed by atoms with Crippen LogP contribution in [0.2, 0.25) is 0 Å². The van der Waals surface area contributed by atoms with E-state index >= 15 is 0 Å². The van der Waals surface area contributed by atoms with E-state index in [1.807, 2.05) is 0 Å². The third-order valence-electron chi connectivity index (χ3n) is 0.462. The van der Waals surface area contributed by atoms with Gasteiger partial charge in [0.2, 0.25) is 0 Å². The van der Waals surface area contributed by atoms with Gasteiger partial charge in [-0.25, -0.2) is 0 Å². The van der Waals surface area contributed by atoms with Crippen molar-refractivity contribution in [3.8, 4) is 0 Å². The zero-order valence-corrected chi connectivity index (χ0v) is 7.28. The number of nitrogens with two attached hydrogens (primary N) is 1. The molecule has 0 radical (unpaired) electrons. The Morgan fingerprint density at radius 1 is 1.70 bits per heavy atom. The zero-order valence-electron chi connectivity index (χ0n) is 5.65. The van der Waals surface area contributed by atoms with Crippen molar-refractivity contribution in [2.24, 2.45) is 5.73 Å². The average Bonchev–Trinajstić information content (AvgIpc) is 1.63. The molecule has 0 aliphatic heterocycles. The highest BCUT2D eigenvalue weighted by atomic mass is 32.2. The molecule has 0 aromatic carbocycles. The molecule has 0 heterocycles. The molecule has 0 unspecified atom stereocenters. The Balaban J connectivity index is 0. The van der Waals surface area contributed by atoms with Crippen molar-refractivity contribution in [3.63, 3.8) is 0 Å². The Kier molecular flexibility index (Phi) is 8.62. The molecule has 62 valence electrons. The predicted octanol–water partition coefficient (Wildman–Crippen LogP) is 0.187. The van der Waals surface area contributed by atoms with Crippen molar-refractivity contribution in [2.45, 2.75) is 13.3 Å². The lowest BCUT2D eigenvalue weighted by atomic mass is 10.6. The number of rotatable bonds is 2. The fourth-order valence-electron chi connectivity index (χ4n) is 0.258. The van der Waals surface area contributed by atoms with Crippen LogP contribution in [-0.2, 0) is 10.1 Å². The maximum absolute atomic E-state index is 9.79. The molecule has 0 aliphatic rings. The van der Waals surface area contributed by atoms with Crippen LogP contribution in [-0.4, -0.2) is 24.2 Å². The minimum atomic E-state index is -3.67. The molecule has 0 fully saturated rings. The molecule has 0 bridgehead atoms. The van der Waals surface area contributed by atoms with Crippen LogP contribution in [0.4, 0.5) is 0 Å². The van der Waals surface area contributed by atoms with Crippen molar-refractivity contribution in [2.75, 3.05) is 5.75 Å². The first-order valence-corrected chi connectivity index (χ1v) is 4.66. The molecule has 4 nitrogen and oxygen atoms in total. The Labute approximate surface area is 66.2 Å². The molecule has 0 amide bonds. The normalized spacial score (nSPS) is 9.40. The fraction of sp³-hybridized carbons (Fsp3) is 0.750. The van der Waals surface area contributed by atoms with Gasteiger partial charge in [-0.15, -0.1) is 0 Å². The van der Waals surface area contributed by atoms with Crippen LogP contribution in [0.25, 0.3) is 0 Å². The van der Waals surface area contributed by atoms with Crippen LogP contribution < -0.4 is 5.73 Å². The van der Waals surface area contributed by atoms with Gasteiger partial charge in [-0.2, -0.15) is 8.42 Å². The van der Waals surface area contributed by atoms with E-state index in [0.29, 0.717) is 6.42 Å². The van der Waals surface area contributed by atoms with Crippen LogP contribution in [0.3, 0.4) is 0 Å². The van der Waals surface area contributed by atoms with Crippen LogP contribution in [0.1, 0.15) is 13.3 Å². The highest BCUT2D eigenvalue weighted by Crippen LogP contribution is 1.83. The summed E-state index contributed by atoms with van der Waals surface area (Å²) >= 11 is 4.05. The summed E-state index contributed by atoms with van der Waals surface area (Å²) in [5, 5.41) is 0. The maximum atomic E-state index is 9.79. The monoisotopic (exact) mass is 185 g/mol. The van der Waals surface area contributed by atoms with E-state index in [9.17, 15) is 8.42 Å². The second-order valence-corrected chi connectivity index (χ2v) is 3.27.